The molecule has 0 saturated carbocycles. The maximum atomic E-state index is 14.5. The second kappa shape index (κ2) is 10.4. The molecular formula is C21H15ClF4N4O5. The number of hydrogen-bond acceptors (Lipinski definition) is 5. The number of amides is 3. The molecule has 3 rings (SSSR count). The number of pyridine rings is 1. The minimum Gasteiger partial charge on any atom is -0.618 e. The summed E-state index contributed by atoms with van der Waals surface area (Å²) in [7, 11) is 0. The average molecular weight is 515 g/mol. The first-order valence-electron chi connectivity index (χ1n) is 9.52. The number of aliphatic hydroxyl groups is 1. The van der Waals surface area contributed by atoms with Crippen LogP contribution in [0.3, 0.4) is 0 Å². The Kier molecular flexibility index (Phi) is 7.62. The van der Waals surface area contributed by atoms with Gasteiger partial charge in [-0.3, -0.25) is 4.79 Å². The standard InChI is InChI=1S/C21H15ClF4N4O5/c22-15-3-1-11(7-14(15)21(24,25)26)28-20(33)29-17-4-2-12(8-16(17)23)35-13-5-6-30(34)18(9-13)19(32)27-10-31/h1-9,31H,10H2,(H,27,32)(H2,28,29,33). The number of rotatable bonds is 6. The van der Waals surface area contributed by atoms with Crippen molar-refractivity contribution in [3.8, 4) is 11.5 Å². The van der Waals surface area contributed by atoms with E-state index >= 15 is 0 Å². The predicted octanol–water partition coefficient (Wildman–Crippen LogP) is 4.25. The summed E-state index contributed by atoms with van der Waals surface area (Å²) < 4.78 is 59.0. The lowest BCUT2D eigenvalue weighted by Crippen LogP contribution is -2.39. The zero-order valence-electron chi connectivity index (χ0n) is 17.3. The van der Waals surface area contributed by atoms with Gasteiger partial charge in [-0.05, 0) is 30.3 Å². The number of carbonyl (C=O) groups excluding carboxylic acids is 2. The minimum atomic E-state index is -4.73. The summed E-state index contributed by atoms with van der Waals surface area (Å²) in [5.74, 6) is -1.87. The summed E-state index contributed by atoms with van der Waals surface area (Å²) in [5.41, 5.74) is -2.07. The lowest BCUT2D eigenvalue weighted by atomic mass is 10.2. The third-order valence-electron chi connectivity index (χ3n) is 4.32. The van der Waals surface area contributed by atoms with Gasteiger partial charge in [-0.25, -0.2) is 9.18 Å². The van der Waals surface area contributed by atoms with E-state index in [0.717, 1.165) is 36.5 Å². The molecule has 0 unspecified atom stereocenters. The van der Waals surface area contributed by atoms with E-state index in [1.165, 1.54) is 12.1 Å². The van der Waals surface area contributed by atoms with Crippen LogP contribution in [0.25, 0.3) is 0 Å². The fourth-order valence-corrected chi connectivity index (χ4v) is 2.99. The van der Waals surface area contributed by atoms with E-state index < -0.39 is 41.2 Å². The van der Waals surface area contributed by atoms with Crippen molar-refractivity contribution in [2.75, 3.05) is 17.4 Å². The second-order valence-corrected chi connectivity index (χ2v) is 7.16. The monoisotopic (exact) mass is 514 g/mol. The summed E-state index contributed by atoms with van der Waals surface area (Å²) in [4.78, 5) is 23.9. The van der Waals surface area contributed by atoms with Crippen molar-refractivity contribution >= 4 is 34.9 Å². The molecule has 2 aromatic carbocycles. The quantitative estimate of drug-likeness (QED) is 0.169. The number of halogens is 5. The number of carbonyl (C=O) groups is 2. The van der Waals surface area contributed by atoms with Gasteiger partial charge >= 0.3 is 18.1 Å². The van der Waals surface area contributed by atoms with Crippen LogP contribution in [0.1, 0.15) is 16.1 Å². The van der Waals surface area contributed by atoms with Crippen molar-refractivity contribution in [3.63, 3.8) is 0 Å². The number of aliphatic hydroxyl groups excluding tert-OH is 1. The Balaban J connectivity index is 1.70. The summed E-state index contributed by atoms with van der Waals surface area (Å²) in [6.07, 6.45) is -3.76. The molecule has 9 nitrogen and oxygen atoms in total. The summed E-state index contributed by atoms with van der Waals surface area (Å²) in [6.45, 7) is -0.696. The molecule has 0 fully saturated rings. The van der Waals surface area contributed by atoms with Gasteiger partial charge in [-0.2, -0.15) is 17.9 Å². The number of anilines is 2. The van der Waals surface area contributed by atoms with E-state index in [-0.39, 0.29) is 33.3 Å². The molecule has 1 heterocycles. The van der Waals surface area contributed by atoms with Crippen molar-refractivity contribution < 1.29 is 41.7 Å². The molecule has 0 aliphatic carbocycles. The summed E-state index contributed by atoms with van der Waals surface area (Å²) >= 11 is 5.53. The molecule has 14 heteroatoms. The van der Waals surface area contributed by atoms with Crippen LogP contribution in [0.15, 0.2) is 54.7 Å². The Morgan fingerprint density at radius 1 is 1.06 bits per heavy atom. The van der Waals surface area contributed by atoms with Crippen LogP contribution in [0.5, 0.6) is 11.5 Å². The number of ether oxygens (including phenoxy) is 1. The van der Waals surface area contributed by atoms with Crippen molar-refractivity contribution in [2.45, 2.75) is 6.18 Å². The summed E-state index contributed by atoms with van der Waals surface area (Å²) in [5, 5.41) is 26.2. The molecule has 0 spiro atoms. The number of benzene rings is 2. The lowest BCUT2D eigenvalue weighted by Gasteiger charge is -2.13. The molecule has 0 saturated heterocycles. The third kappa shape index (κ3) is 6.49. The maximum absolute atomic E-state index is 14.5. The molecule has 0 radical (unpaired) electrons. The zero-order chi connectivity index (χ0) is 25.8. The molecule has 0 aliphatic rings. The summed E-state index contributed by atoms with van der Waals surface area (Å²) in [6, 6.07) is 7.28. The normalized spacial score (nSPS) is 11.0. The second-order valence-electron chi connectivity index (χ2n) is 6.75. The number of nitrogens with zero attached hydrogens (tertiary/aromatic N) is 1. The van der Waals surface area contributed by atoms with Gasteiger partial charge < -0.3 is 31.0 Å². The molecule has 0 aliphatic heterocycles. The first-order chi connectivity index (χ1) is 16.5. The Bertz CT molecular complexity index is 1270. The highest BCUT2D eigenvalue weighted by molar-refractivity contribution is 6.31. The van der Waals surface area contributed by atoms with Crippen molar-refractivity contribution in [1.29, 1.82) is 0 Å². The number of hydrogen-bond donors (Lipinski definition) is 4. The fraction of sp³-hybridized carbons (Fsp3) is 0.0952. The van der Waals surface area contributed by atoms with Gasteiger partial charge in [0.15, 0.2) is 6.20 Å². The van der Waals surface area contributed by atoms with Crippen LogP contribution >= 0.6 is 11.6 Å². The Morgan fingerprint density at radius 3 is 2.43 bits per heavy atom. The van der Waals surface area contributed by atoms with Gasteiger partial charge in [0.2, 0.25) is 0 Å². The smallest absolute Gasteiger partial charge is 0.417 e. The molecule has 0 atom stereocenters. The first kappa shape index (κ1) is 25.5. The molecule has 184 valence electrons. The van der Waals surface area contributed by atoms with E-state index in [0.29, 0.717) is 6.07 Å². The zero-order valence-corrected chi connectivity index (χ0v) is 18.1. The van der Waals surface area contributed by atoms with Gasteiger partial charge in [-0.1, -0.05) is 11.6 Å². The maximum Gasteiger partial charge on any atom is 0.417 e. The molecule has 0 bridgehead atoms. The molecule has 4 N–H and O–H groups in total. The topological polar surface area (TPSA) is 127 Å². The van der Waals surface area contributed by atoms with Crippen LogP contribution in [-0.4, -0.2) is 23.8 Å². The van der Waals surface area contributed by atoms with Crippen LogP contribution in [0, 0.1) is 11.0 Å². The van der Waals surface area contributed by atoms with Crippen LogP contribution < -0.4 is 25.4 Å². The first-order valence-corrected chi connectivity index (χ1v) is 9.90. The number of aromatic nitrogens is 1. The molecule has 3 amide bonds. The molecular weight excluding hydrogens is 500 g/mol. The van der Waals surface area contributed by atoms with Crippen LogP contribution in [-0.2, 0) is 6.18 Å². The van der Waals surface area contributed by atoms with Crippen molar-refractivity contribution in [2.24, 2.45) is 0 Å². The molecule has 1 aromatic heterocycles. The van der Waals surface area contributed by atoms with E-state index in [1.54, 1.807) is 0 Å². The highest BCUT2D eigenvalue weighted by Gasteiger charge is 2.33. The predicted molar refractivity (Wildman–Crippen MR) is 116 cm³/mol. The highest BCUT2D eigenvalue weighted by atomic mass is 35.5. The van der Waals surface area contributed by atoms with E-state index in [9.17, 15) is 32.4 Å². The largest absolute Gasteiger partial charge is 0.618 e. The molecule has 35 heavy (non-hydrogen) atoms. The Hall–Kier alpha value is -4.10. The van der Waals surface area contributed by atoms with E-state index in [2.05, 4.69) is 10.6 Å². The van der Waals surface area contributed by atoms with Gasteiger partial charge in [0, 0.05) is 17.8 Å². The Morgan fingerprint density at radius 2 is 1.77 bits per heavy atom. The van der Waals surface area contributed by atoms with Crippen LogP contribution in [0.4, 0.5) is 33.7 Å². The van der Waals surface area contributed by atoms with Gasteiger partial charge in [0.05, 0.1) is 22.3 Å². The highest BCUT2D eigenvalue weighted by Crippen LogP contribution is 2.36. The third-order valence-corrected chi connectivity index (χ3v) is 4.65. The SMILES string of the molecule is O=C(Nc1ccc(Cl)c(C(F)(F)F)c1)Nc1ccc(Oc2cc[n+]([O-])c(C(=O)NCO)c2)cc1F. The minimum absolute atomic E-state index is 0.00116. The number of nitrogens with one attached hydrogen (secondary N) is 3. The van der Waals surface area contributed by atoms with E-state index in [1.807, 2.05) is 5.32 Å². The average Bonchev–Trinajstić information content (AvgIpc) is 2.77. The lowest BCUT2D eigenvalue weighted by molar-refractivity contribution is -0.607. The van der Waals surface area contributed by atoms with Crippen molar-refractivity contribution in [3.05, 3.63) is 82.0 Å². The van der Waals surface area contributed by atoms with Gasteiger partial charge in [0.1, 0.15) is 24.0 Å². The Labute approximate surface area is 199 Å². The van der Waals surface area contributed by atoms with Crippen molar-refractivity contribution in [1.82, 2.24) is 5.32 Å². The van der Waals surface area contributed by atoms with E-state index in [4.69, 9.17) is 21.4 Å². The van der Waals surface area contributed by atoms with Gasteiger partial charge in [-0.15, -0.1) is 0 Å². The number of urea groups is 1. The number of alkyl halides is 3. The molecule has 3 aromatic rings. The van der Waals surface area contributed by atoms with Crippen LogP contribution in [0.2, 0.25) is 5.02 Å². The fourth-order valence-electron chi connectivity index (χ4n) is 2.76. The van der Waals surface area contributed by atoms with Gasteiger partial charge in [0.25, 0.3) is 5.69 Å².